The van der Waals surface area contributed by atoms with Gasteiger partial charge in [0.15, 0.2) is 0 Å². The Morgan fingerprint density at radius 3 is 1.52 bits per heavy atom. The zero-order chi connectivity index (χ0) is 30.7. The minimum absolute atomic E-state index is 0.200. The van der Waals surface area contributed by atoms with Crippen LogP contribution in [0.15, 0.2) is 146 Å². The summed E-state index contributed by atoms with van der Waals surface area (Å²) in [5, 5.41) is 4.70. The third kappa shape index (κ3) is 4.57. The van der Waals surface area contributed by atoms with E-state index in [0.29, 0.717) is 0 Å². The Labute approximate surface area is 277 Å². The van der Waals surface area contributed by atoms with Gasteiger partial charge in [-0.3, -0.25) is 0 Å². The van der Waals surface area contributed by atoms with E-state index in [1.165, 1.54) is 32.7 Å². The second-order valence-electron chi connectivity index (χ2n) is 12.3. The standard InChI is InChI=1S/C42H31O2PSe/c46-45(34-24-23-28-13-7-8-18-31(28)25-34)43-41-37(29-14-3-1-4-15-29)26-32-19-9-11-21-35(32)39(41)40-36-22-12-10-20-33(36)27-38(42(40)44-45)30-16-5-2-6-17-30/h1-22,26-27,34H,23-25H2. The van der Waals surface area contributed by atoms with Crippen LogP contribution in [0.5, 0.6) is 11.5 Å². The van der Waals surface area contributed by atoms with E-state index in [1.54, 1.807) is 0 Å². The Bertz CT molecular complexity index is 2200. The van der Waals surface area contributed by atoms with Crippen molar-refractivity contribution in [2.75, 3.05) is 0 Å². The van der Waals surface area contributed by atoms with Gasteiger partial charge < -0.3 is 0 Å². The first-order chi connectivity index (χ1) is 22.7. The number of fused-ring (bicyclic) bond motifs is 8. The van der Waals surface area contributed by atoms with Crippen LogP contribution in [0.4, 0.5) is 0 Å². The number of hydrogen-bond acceptors (Lipinski definition) is 2. The van der Waals surface area contributed by atoms with Crippen molar-refractivity contribution >= 4 is 42.6 Å². The van der Waals surface area contributed by atoms with E-state index >= 15 is 0 Å². The van der Waals surface area contributed by atoms with E-state index < -0.39 is 5.96 Å². The molecular formula is C42H31O2PSe. The van der Waals surface area contributed by atoms with E-state index in [4.69, 9.17) is 9.05 Å². The van der Waals surface area contributed by atoms with E-state index in [1.807, 2.05) is 0 Å². The first kappa shape index (κ1) is 27.9. The van der Waals surface area contributed by atoms with Crippen LogP contribution in [0, 0.1) is 0 Å². The molecular weight excluding hydrogens is 646 g/mol. The van der Waals surface area contributed by atoms with Crippen LogP contribution in [0.2, 0.25) is 0 Å². The van der Waals surface area contributed by atoms with Crippen molar-refractivity contribution in [1.82, 2.24) is 0 Å². The predicted molar refractivity (Wildman–Crippen MR) is 194 cm³/mol. The number of rotatable bonds is 3. The summed E-state index contributed by atoms with van der Waals surface area (Å²) >= 11 is 3.63. The fourth-order valence-corrected chi connectivity index (χ4v) is 11.5. The molecule has 1 aliphatic carbocycles. The molecule has 2 aliphatic rings. The molecule has 1 unspecified atom stereocenters. The van der Waals surface area contributed by atoms with E-state index in [0.717, 1.165) is 64.1 Å². The molecule has 7 aromatic carbocycles. The van der Waals surface area contributed by atoms with Crippen LogP contribution in [-0.4, -0.2) is 20.8 Å². The molecule has 0 bridgehead atoms. The first-order valence-electron chi connectivity index (χ1n) is 15.9. The SMILES string of the molecule is [Se]=P1(C2CCc3ccccc3C2)Oc2c(-c3ccccc3)cc3ccccc3c2-c2c(c(-c3ccccc3)cc3ccccc23)O1. The monoisotopic (exact) mass is 678 g/mol. The van der Waals surface area contributed by atoms with Gasteiger partial charge in [-0.15, -0.1) is 0 Å². The van der Waals surface area contributed by atoms with Crippen LogP contribution in [-0.2, 0) is 12.8 Å². The summed E-state index contributed by atoms with van der Waals surface area (Å²) in [6.07, 6.45) is 2.94. The van der Waals surface area contributed by atoms with E-state index in [2.05, 4.69) is 161 Å². The molecule has 9 rings (SSSR count). The summed E-state index contributed by atoms with van der Waals surface area (Å²) in [6.45, 7) is 0. The summed E-state index contributed by atoms with van der Waals surface area (Å²) < 4.78 is 15.1. The predicted octanol–water partition coefficient (Wildman–Crippen LogP) is 11.3. The maximum atomic E-state index is 7.55. The van der Waals surface area contributed by atoms with Crippen molar-refractivity contribution in [3.63, 3.8) is 0 Å². The molecule has 4 heteroatoms. The van der Waals surface area contributed by atoms with E-state index in [9.17, 15) is 0 Å². The Balaban J connectivity index is 1.42. The van der Waals surface area contributed by atoms with Gasteiger partial charge in [0.25, 0.3) is 0 Å². The summed E-state index contributed by atoms with van der Waals surface area (Å²) in [6, 6.07) is 52.3. The summed E-state index contributed by atoms with van der Waals surface area (Å²) in [5.74, 6) is -0.864. The van der Waals surface area contributed by atoms with Gasteiger partial charge in [-0.1, -0.05) is 0 Å². The first-order valence-corrected chi connectivity index (χ1v) is 19.9. The molecule has 0 aromatic heterocycles. The Hall–Kier alpha value is -4.39. The normalized spacial score (nSPS) is 16.4. The van der Waals surface area contributed by atoms with Gasteiger partial charge in [-0.05, 0) is 0 Å². The molecule has 0 spiro atoms. The van der Waals surface area contributed by atoms with Gasteiger partial charge in [-0.25, -0.2) is 0 Å². The van der Waals surface area contributed by atoms with Gasteiger partial charge >= 0.3 is 278 Å². The van der Waals surface area contributed by atoms with Crippen molar-refractivity contribution < 1.29 is 9.05 Å². The summed E-state index contributed by atoms with van der Waals surface area (Å²) in [4.78, 5) is 0. The average Bonchev–Trinajstić information content (AvgIpc) is 3.26. The Morgan fingerprint density at radius 2 is 0.978 bits per heavy atom. The van der Waals surface area contributed by atoms with Crippen LogP contribution in [0.3, 0.4) is 0 Å². The third-order valence-corrected chi connectivity index (χ3v) is 14.7. The van der Waals surface area contributed by atoms with Crippen molar-refractivity contribution in [3.05, 3.63) is 157 Å². The molecule has 0 amide bonds. The fourth-order valence-electron chi connectivity index (χ4n) is 7.38. The number of hydrogen-bond donors (Lipinski definition) is 0. The molecule has 0 fully saturated rings. The molecule has 0 saturated carbocycles. The van der Waals surface area contributed by atoms with Gasteiger partial charge in [-0.2, -0.15) is 0 Å². The van der Waals surface area contributed by atoms with Crippen molar-refractivity contribution in [3.8, 4) is 44.9 Å². The molecule has 0 saturated heterocycles. The Kier molecular flexibility index (Phi) is 6.76. The van der Waals surface area contributed by atoms with Crippen LogP contribution >= 0.6 is 5.96 Å². The van der Waals surface area contributed by atoms with Crippen LogP contribution in [0.1, 0.15) is 17.5 Å². The van der Waals surface area contributed by atoms with Gasteiger partial charge in [0.05, 0.1) is 0 Å². The summed E-state index contributed by atoms with van der Waals surface area (Å²) in [7, 11) is 0. The molecule has 1 heterocycles. The van der Waals surface area contributed by atoms with Crippen molar-refractivity contribution in [1.29, 1.82) is 0 Å². The van der Waals surface area contributed by atoms with Crippen molar-refractivity contribution in [2.45, 2.75) is 24.9 Å². The minimum atomic E-state index is -2.68. The van der Waals surface area contributed by atoms with Gasteiger partial charge in [0.2, 0.25) is 0 Å². The zero-order valence-corrected chi connectivity index (χ0v) is 27.8. The molecule has 222 valence electrons. The second kappa shape index (κ2) is 11.1. The number of aryl methyl sites for hydroxylation is 1. The van der Waals surface area contributed by atoms with E-state index in [-0.39, 0.29) is 5.66 Å². The average molecular weight is 678 g/mol. The van der Waals surface area contributed by atoms with Crippen LogP contribution < -0.4 is 9.05 Å². The quantitative estimate of drug-likeness (QED) is 0.137. The second-order valence-corrected chi connectivity index (χ2v) is 17.7. The third-order valence-electron chi connectivity index (χ3n) is 9.63. The molecule has 1 aliphatic heterocycles. The zero-order valence-electron chi connectivity index (χ0n) is 25.2. The van der Waals surface area contributed by atoms with Crippen molar-refractivity contribution in [2.24, 2.45) is 0 Å². The maximum absolute atomic E-state index is 7.55. The van der Waals surface area contributed by atoms with Gasteiger partial charge in [0.1, 0.15) is 0 Å². The molecule has 0 radical (unpaired) electrons. The molecule has 0 N–H and O–H groups in total. The Morgan fingerprint density at radius 1 is 0.522 bits per heavy atom. The summed E-state index contributed by atoms with van der Waals surface area (Å²) in [5.41, 5.74) is 9.71. The molecule has 1 atom stereocenters. The molecule has 7 aromatic rings. The topological polar surface area (TPSA) is 18.5 Å². The van der Waals surface area contributed by atoms with Gasteiger partial charge in [0, 0.05) is 0 Å². The number of benzene rings is 7. The molecule has 2 nitrogen and oxygen atoms in total. The van der Waals surface area contributed by atoms with Crippen LogP contribution in [0.25, 0.3) is 54.9 Å². The molecule has 46 heavy (non-hydrogen) atoms. The fraction of sp³-hybridized carbons (Fsp3) is 0.0952.